The molecule has 1 aliphatic rings. The fraction of sp³-hybridized carbons (Fsp3) is 0.250. The molecule has 1 fully saturated rings. The summed E-state index contributed by atoms with van der Waals surface area (Å²) in [7, 11) is 4.94. The summed E-state index contributed by atoms with van der Waals surface area (Å²) in [6.07, 6.45) is 2.66. The third kappa shape index (κ3) is 6.70. The Labute approximate surface area is 254 Å². The minimum atomic E-state index is -0.621. The van der Waals surface area contributed by atoms with E-state index < -0.39 is 17.8 Å². The first-order chi connectivity index (χ1) is 21.3. The number of halogens is 1. The van der Waals surface area contributed by atoms with Crippen molar-refractivity contribution in [1.82, 2.24) is 14.9 Å². The van der Waals surface area contributed by atoms with E-state index in [0.717, 1.165) is 6.21 Å². The summed E-state index contributed by atoms with van der Waals surface area (Å²) in [6.45, 7) is 2.27. The summed E-state index contributed by atoms with van der Waals surface area (Å²) in [5.74, 6) is -0.152. The molecule has 3 aromatic carbocycles. The number of aliphatic imine (C=N–C) groups is 1. The van der Waals surface area contributed by atoms with Crippen LogP contribution in [0.4, 0.5) is 26.4 Å². The summed E-state index contributed by atoms with van der Waals surface area (Å²) in [6, 6.07) is 16.4. The van der Waals surface area contributed by atoms with Gasteiger partial charge in [0.25, 0.3) is 5.91 Å². The lowest BCUT2D eigenvalue weighted by Crippen LogP contribution is -2.37. The van der Waals surface area contributed by atoms with Crippen molar-refractivity contribution in [3.05, 3.63) is 77.6 Å². The molecule has 1 aliphatic heterocycles. The summed E-state index contributed by atoms with van der Waals surface area (Å²) < 4.78 is 20.8. The molecule has 3 amide bonds. The minimum Gasteiger partial charge on any atom is -0.378 e. The lowest BCUT2D eigenvalue weighted by atomic mass is 9.99. The molecule has 5 rings (SSSR count). The van der Waals surface area contributed by atoms with Gasteiger partial charge >= 0.3 is 6.03 Å². The third-order valence-electron chi connectivity index (χ3n) is 7.15. The smallest absolute Gasteiger partial charge is 0.323 e. The lowest BCUT2D eigenvalue weighted by Gasteiger charge is -2.29. The van der Waals surface area contributed by atoms with Crippen molar-refractivity contribution in [2.45, 2.75) is 5.92 Å². The molecule has 1 saturated heterocycles. The molecule has 1 unspecified atom stereocenters. The van der Waals surface area contributed by atoms with Gasteiger partial charge in [0.05, 0.1) is 24.6 Å². The SMILES string of the molecule is CN=CC(C=N)c1cc2nc(-c3ccc(NC(=O)Nc4ccc(C(=O)N(C)C)cc4)cc3)nc(N3CCOCC3)c2cc1F. The molecular formula is C32H33FN8O3. The van der Waals surface area contributed by atoms with Crippen LogP contribution >= 0.6 is 0 Å². The molecule has 12 heteroatoms. The molecule has 4 aromatic rings. The Hall–Kier alpha value is -5.23. The van der Waals surface area contributed by atoms with Crippen molar-refractivity contribution < 1.29 is 18.7 Å². The molecule has 2 heterocycles. The highest BCUT2D eigenvalue weighted by atomic mass is 19.1. The van der Waals surface area contributed by atoms with Gasteiger partial charge in [-0.1, -0.05) is 0 Å². The highest BCUT2D eigenvalue weighted by Crippen LogP contribution is 2.32. The van der Waals surface area contributed by atoms with Gasteiger partial charge in [0, 0.05) is 80.1 Å². The van der Waals surface area contributed by atoms with Gasteiger partial charge in [0.2, 0.25) is 0 Å². The van der Waals surface area contributed by atoms with Gasteiger partial charge in [-0.25, -0.2) is 19.2 Å². The number of hydrogen-bond acceptors (Lipinski definition) is 8. The van der Waals surface area contributed by atoms with Crippen LogP contribution in [-0.4, -0.2) is 86.7 Å². The quantitative estimate of drug-likeness (QED) is 0.244. The summed E-state index contributed by atoms with van der Waals surface area (Å²) >= 11 is 0. The van der Waals surface area contributed by atoms with E-state index in [9.17, 15) is 9.59 Å². The molecule has 11 nitrogen and oxygen atoms in total. The highest BCUT2D eigenvalue weighted by molar-refractivity contribution is 6.01. The van der Waals surface area contributed by atoms with E-state index in [-0.39, 0.29) is 5.91 Å². The Morgan fingerprint density at radius 3 is 2.25 bits per heavy atom. The van der Waals surface area contributed by atoms with E-state index in [2.05, 4.69) is 20.5 Å². The predicted octanol–water partition coefficient (Wildman–Crippen LogP) is 5.05. The zero-order chi connectivity index (χ0) is 31.2. The molecule has 0 saturated carbocycles. The molecule has 1 aromatic heterocycles. The second kappa shape index (κ2) is 13.4. The third-order valence-corrected chi connectivity index (χ3v) is 7.15. The molecule has 3 N–H and O–H groups in total. The number of carbonyl (C=O) groups excluding carboxylic acids is 2. The van der Waals surface area contributed by atoms with Gasteiger partial charge in [-0.3, -0.25) is 9.79 Å². The fourth-order valence-corrected chi connectivity index (χ4v) is 4.87. The molecule has 0 radical (unpaired) electrons. The standard InChI is InChI=1S/C32H33FN8O3/c1-35-19-22(18-34)25-17-28-26(16-27(25)33)30(41-12-14-44-15-13-41)39-29(38-28)20-4-8-23(9-5-20)36-32(43)37-24-10-6-21(7-11-24)31(42)40(2)3/h4-11,16-19,22,34H,12-15H2,1-3H3,(H2,36,37,43). The van der Waals surface area contributed by atoms with Crippen LogP contribution in [0.3, 0.4) is 0 Å². The van der Waals surface area contributed by atoms with Gasteiger partial charge in [-0.05, 0) is 60.7 Å². The number of urea groups is 1. The Morgan fingerprint density at radius 1 is 1.02 bits per heavy atom. The van der Waals surface area contributed by atoms with Crippen LogP contribution in [0, 0.1) is 11.2 Å². The molecule has 44 heavy (non-hydrogen) atoms. The van der Waals surface area contributed by atoms with Crippen molar-refractivity contribution >= 4 is 52.5 Å². The number of benzene rings is 3. The maximum absolute atomic E-state index is 15.3. The first-order valence-electron chi connectivity index (χ1n) is 14.0. The van der Waals surface area contributed by atoms with Gasteiger partial charge in [-0.15, -0.1) is 0 Å². The van der Waals surface area contributed by atoms with Crippen molar-refractivity contribution in [2.24, 2.45) is 4.99 Å². The Morgan fingerprint density at radius 2 is 1.66 bits per heavy atom. The van der Waals surface area contributed by atoms with Crippen LogP contribution in [0.1, 0.15) is 21.8 Å². The van der Waals surface area contributed by atoms with Crippen molar-refractivity contribution in [1.29, 1.82) is 5.41 Å². The predicted molar refractivity (Wildman–Crippen MR) is 171 cm³/mol. The first-order valence-corrected chi connectivity index (χ1v) is 14.0. The summed E-state index contributed by atoms with van der Waals surface area (Å²) in [4.78, 5) is 41.8. The van der Waals surface area contributed by atoms with E-state index in [0.29, 0.717) is 76.9 Å². The van der Waals surface area contributed by atoms with Gasteiger partial charge in [0.15, 0.2) is 5.82 Å². The average Bonchev–Trinajstić information content (AvgIpc) is 3.03. The van der Waals surface area contributed by atoms with Gasteiger partial charge in [0.1, 0.15) is 11.6 Å². The Bertz CT molecular complexity index is 1700. The Balaban J connectivity index is 1.40. The number of ether oxygens (including phenoxy) is 1. The maximum Gasteiger partial charge on any atom is 0.323 e. The number of morpholine rings is 1. The molecule has 0 bridgehead atoms. The zero-order valence-electron chi connectivity index (χ0n) is 24.7. The van der Waals surface area contributed by atoms with Crippen LogP contribution < -0.4 is 15.5 Å². The molecule has 0 aliphatic carbocycles. The fourth-order valence-electron chi connectivity index (χ4n) is 4.87. The van der Waals surface area contributed by atoms with E-state index in [1.165, 1.54) is 17.2 Å². The monoisotopic (exact) mass is 596 g/mol. The number of aromatic nitrogens is 2. The van der Waals surface area contributed by atoms with E-state index >= 15 is 4.39 Å². The first kappa shape index (κ1) is 30.2. The zero-order valence-corrected chi connectivity index (χ0v) is 24.7. The van der Waals surface area contributed by atoms with Crippen molar-refractivity contribution in [3.63, 3.8) is 0 Å². The van der Waals surface area contributed by atoms with Crippen LogP contribution in [0.15, 0.2) is 65.7 Å². The number of anilines is 3. The molecule has 226 valence electrons. The van der Waals surface area contributed by atoms with Gasteiger partial charge in [-0.2, -0.15) is 0 Å². The summed E-state index contributed by atoms with van der Waals surface area (Å²) in [5, 5.41) is 13.9. The number of hydrogen-bond donors (Lipinski definition) is 3. The van der Waals surface area contributed by atoms with Crippen LogP contribution in [0.25, 0.3) is 22.3 Å². The van der Waals surface area contributed by atoms with Crippen LogP contribution in [0.5, 0.6) is 0 Å². The normalized spacial score (nSPS) is 14.0. The van der Waals surface area contributed by atoms with E-state index in [1.54, 1.807) is 75.7 Å². The van der Waals surface area contributed by atoms with Crippen molar-refractivity contribution in [2.75, 3.05) is 63.0 Å². The summed E-state index contributed by atoms with van der Waals surface area (Å²) in [5.41, 5.74) is 3.18. The average molecular weight is 597 g/mol. The number of fused-ring (bicyclic) bond motifs is 1. The number of carbonyl (C=O) groups is 2. The molecule has 1 atom stereocenters. The second-order valence-corrected chi connectivity index (χ2v) is 10.4. The van der Waals surface area contributed by atoms with Crippen LogP contribution in [-0.2, 0) is 4.74 Å². The van der Waals surface area contributed by atoms with Gasteiger partial charge < -0.3 is 30.6 Å². The molecular weight excluding hydrogens is 563 g/mol. The maximum atomic E-state index is 15.3. The van der Waals surface area contributed by atoms with Crippen LogP contribution in [0.2, 0.25) is 0 Å². The topological polar surface area (TPSA) is 136 Å². The lowest BCUT2D eigenvalue weighted by molar-refractivity contribution is 0.0827. The van der Waals surface area contributed by atoms with E-state index in [1.807, 2.05) is 0 Å². The number of amides is 3. The van der Waals surface area contributed by atoms with Crippen molar-refractivity contribution in [3.8, 4) is 11.4 Å². The number of rotatable bonds is 8. The van der Waals surface area contributed by atoms with E-state index in [4.69, 9.17) is 20.1 Å². The second-order valence-electron chi connectivity index (χ2n) is 10.4. The number of nitrogens with one attached hydrogen (secondary N) is 3. The minimum absolute atomic E-state index is 0.123. The largest absolute Gasteiger partial charge is 0.378 e. The highest BCUT2D eigenvalue weighted by Gasteiger charge is 2.21. The molecule has 0 spiro atoms. The Kier molecular flexibility index (Phi) is 9.20. The number of nitrogens with zero attached hydrogens (tertiary/aromatic N) is 5.